The van der Waals surface area contributed by atoms with E-state index in [4.69, 9.17) is 0 Å². The van der Waals surface area contributed by atoms with Crippen LogP contribution in [0.15, 0.2) is 0 Å². The van der Waals surface area contributed by atoms with Gasteiger partial charge in [-0.15, -0.1) is 0 Å². The van der Waals surface area contributed by atoms with E-state index in [9.17, 15) is 0 Å². The lowest BCUT2D eigenvalue weighted by molar-refractivity contribution is 0.178. The van der Waals surface area contributed by atoms with Gasteiger partial charge in [0, 0.05) is 0 Å². The maximum Gasteiger partial charge on any atom is -0.00162 e. The Kier molecular flexibility index (Phi) is 15.6. The molecule has 0 aliphatic carbocycles. The Labute approximate surface area is 109 Å². The second kappa shape index (κ2) is 13.4. The van der Waals surface area contributed by atoms with E-state index in [1.165, 1.54) is 38.9 Å². The van der Waals surface area contributed by atoms with Gasteiger partial charge in [0.15, 0.2) is 0 Å². The molecule has 0 aromatic heterocycles. The van der Waals surface area contributed by atoms with Crippen molar-refractivity contribution in [3.05, 3.63) is 0 Å². The second-order valence-corrected chi connectivity index (χ2v) is 4.51. The average Bonchev–Trinajstić information content (AvgIpc) is 2.34. The minimum atomic E-state index is 0.892. The molecule has 100 valence electrons. The van der Waals surface area contributed by atoms with Gasteiger partial charge in [0.2, 0.25) is 0 Å². The molecule has 2 heteroatoms. The minimum absolute atomic E-state index is 0.892. The summed E-state index contributed by atoms with van der Waals surface area (Å²) in [5, 5.41) is 0. The van der Waals surface area contributed by atoms with Crippen LogP contribution in [0.3, 0.4) is 0 Å². The fourth-order valence-electron chi connectivity index (χ4n) is 2.21. The zero-order valence-electron chi connectivity index (χ0n) is 12.3. The monoisotopic (exact) mass is 247 g/mol. The van der Waals surface area contributed by atoms with Crippen molar-refractivity contribution in [2.24, 2.45) is 11.8 Å². The van der Waals surface area contributed by atoms with Crippen LogP contribution in [0.25, 0.3) is 0 Å². The zero-order chi connectivity index (χ0) is 13.0. The quantitative estimate of drug-likeness (QED) is 0.726. The highest BCUT2D eigenvalue weighted by Gasteiger charge is 2.18. The van der Waals surface area contributed by atoms with Gasteiger partial charge in [-0.25, -0.2) is 0 Å². The molecule has 0 aromatic rings. The van der Waals surface area contributed by atoms with Crippen LogP contribution in [0.4, 0.5) is 0 Å². The summed E-state index contributed by atoms with van der Waals surface area (Å²) in [7, 11) is 0. The van der Waals surface area contributed by atoms with Gasteiger partial charge < -0.3 is 4.90 Å². The summed E-state index contributed by atoms with van der Waals surface area (Å²) in [6, 6.07) is 0. The number of nitrogens with zero attached hydrogens (tertiary/aromatic N) is 1. The summed E-state index contributed by atoms with van der Waals surface area (Å²) in [6.07, 6.45) is 6.01. The van der Waals surface area contributed by atoms with Crippen molar-refractivity contribution < 1.29 is 0 Å². The molecule has 0 radical (unpaired) electrons. The second-order valence-electron chi connectivity index (χ2n) is 4.51. The molecule has 0 bridgehead atoms. The topological polar surface area (TPSA) is 3.24 Å². The minimum Gasteiger partial charge on any atom is -0.304 e. The van der Waals surface area contributed by atoms with E-state index in [0.717, 1.165) is 11.8 Å². The van der Waals surface area contributed by atoms with E-state index in [-0.39, 0.29) is 0 Å². The number of likely N-dealkylation sites (tertiary alicyclic amines) is 1. The Morgan fingerprint density at radius 1 is 1.12 bits per heavy atom. The Morgan fingerprint density at radius 3 is 1.88 bits per heavy atom. The molecular weight excluding hydrogens is 214 g/mol. The highest BCUT2D eigenvalue weighted by molar-refractivity contribution is 7.79. The average molecular weight is 247 g/mol. The SMILES string of the molecule is CC.CCN1CCC(CC(C)C)CC1.CS. The fraction of sp³-hybridized carbons (Fsp3) is 1.00. The number of hydrogen-bond donors (Lipinski definition) is 1. The molecule has 0 spiro atoms. The molecule has 0 amide bonds. The van der Waals surface area contributed by atoms with Crippen molar-refractivity contribution in [3.63, 3.8) is 0 Å². The standard InChI is InChI=1S/C11H23N.C2H6.CH4S/c1-4-12-7-5-11(6-8-12)9-10(2)3;2*1-2/h10-11H,4-9H2,1-3H3;1-2H3;2H,1H3. The lowest BCUT2D eigenvalue weighted by Crippen LogP contribution is -2.33. The van der Waals surface area contributed by atoms with Crippen molar-refractivity contribution >= 4 is 12.6 Å². The summed E-state index contributed by atoms with van der Waals surface area (Å²) in [5.41, 5.74) is 0. The maximum atomic E-state index is 3.53. The molecule has 1 heterocycles. The van der Waals surface area contributed by atoms with Crippen molar-refractivity contribution in [1.82, 2.24) is 4.90 Å². The van der Waals surface area contributed by atoms with Crippen LogP contribution in [0, 0.1) is 11.8 Å². The smallest absolute Gasteiger partial charge is 0.00162 e. The van der Waals surface area contributed by atoms with Gasteiger partial charge in [0.25, 0.3) is 0 Å². The third-order valence-corrected chi connectivity index (χ3v) is 2.96. The zero-order valence-corrected chi connectivity index (χ0v) is 13.2. The van der Waals surface area contributed by atoms with E-state index in [0.29, 0.717) is 0 Å². The van der Waals surface area contributed by atoms with E-state index < -0.39 is 0 Å². The van der Waals surface area contributed by atoms with Gasteiger partial charge in [-0.05, 0) is 57.0 Å². The molecule has 16 heavy (non-hydrogen) atoms. The molecule has 0 aromatic carbocycles. The normalized spacial score (nSPS) is 17.2. The van der Waals surface area contributed by atoms with Gasteiger partial charge >= 0.3 is 0 Å². The van der Waals surface area contributed by atoms with Gasteiger partial charge in [-0.2, -0.15) is 12.6 Å². The summed E-state index contributed by atoms with van der Waals surface area (Å²) in [5.74, 6) is 1.91. The van der Waals surface area contributed by atoms with Crippen LogP contribution >= 0.6 is 12.6 Å². The number of rotatable bonds is 3. The molecule has 1 fully saturated rings. The van der Waals surface area contributed by atoms with Gasteiger partial charge in [-0.3, -0.25) is 0 Å². The number of thiol groups is 1. The van der Waals surface area contributed by atoms with Gasteiger partial charge in [0.1, 0.15) is 0 Å². The van der Waals surface area contributed by atoms with Crippen molar-refractivity contribution in [3.8, 4) is 0 Å². The first-order chi connectivity index (χ1) is 7.72. The summed E-state index contributed by atoms with van der Waals surface area (Å²) in [6.45, 7) is 14.9. The Balaban J connectivity index is 0. The third kappa shape index (κ3) is 9.53. The first-order valence-electron chi connectivity index (χ1n) is 6.89. The molecule has 0 atom stereocenters. The molecule has 1 aliphatic heterocycles. The van der Waals surface area contributed by atoms with E-state index in [1.54, 1.807) is 6.26 Å². The molecule has 0 unspecified atom stereocenters. The first-order valence-corrected chi connectivity index (χ1v) is 7.79. The molecule has 1 aliphatic rings. The third-order valence-electron chi connectivity index (χ3n) is 2.96. The van der Waals surface area contributed by atoms with Crippen LogP contribution in [0.1, 0.15) is 53.9 Å². The van der Waals surface area contributed by atoms with Crippen LogP contribution < -0.4 is 0 Å². The fourth-order valence-corrected chi connectivity index (χ4v) is 2.21. The van der Waals surface area contributed by atoms with Gasteiger partial charge in [-0.1, -0.05) is 34.6 Å². The highest BCUT2D eigenvalue weighted by atomic mass is 32.1. The molecule has 0 saturated carbocycles. The van der Waals surface area contributed by atoms with Crippen LogP contribution in [0.5, 0.6) is 0 Å². The van der Waals surface area contributed by atoms with Crippen molar-refractivity contribution in [2.45, 2.75) is 53.9 Å². The predicted molar refractivity (Wildman–Crippen MR) is 80.6 cm³/mol. The van der Waals surface area contributed by atoms with Crippen LogP contribution in [0.2, 0.25) is 0 Å². The van der Waals surface area contributed by atoms with Crippen LogP contribution in [-0.4, -0.2) is 30.8 Å². The molecular formula is C14H33NS. The number of hydrogen-bond acceptors (Lipinski definition) is 2. The molecule has 1 nitrogen and oxygen atoms in total. The lowest BCUT2D eigenvalue weighted by Gasteiger charge is -2.31. The summed E-state index contributed by atoms with van der Waals surface area (Å²) >= 11 is 3.53. The molecule has 1 saturated heterocycles. The largest absolute Gasteiger partial charge is 0.304 e. The van der Waals surface area contributed by atoms with Crippen molar-refractivity contribution in [1.29, 1.82) is 0 Å². The Bertz CT molecular complexity index is 118. The Morgan fingerprint density at radius 2 is 1.56 bits per heavy atom. The molecule has 0 N–H and O–H groups in total. The van der Waals surface area contributed by atoms with Crippen molar-refractivity contribution in [2.75, 3.05) is 25.9 Å². The molecule has 1 rings (SSSR count). The lowest BCUT2D eigenvalue weighted by atomic mass is 9.89. The first kappa shape index (κ1) is 18.7. The predicted octanol–water partition coefficient (Wildman–Crippen LogP) is 4.34. The highest BCUT2D eigenvalue weighted by Crippen LogP contribution is 2.23. The summed E-state index contributed by atoms with van der Waals surface area (Å²) < 4.78 is 0. The summed E-state index contributed by atoms with van der Waals surface area (Å²) in [4.78, 5) is 2.57. The van der Waals surface area contributed by atoms with E-state index >= 15 is 0 Å². The Hall–Kier alpha value is 0.310. The van der Waals surface area contributed by atoms with Gasteiger partial charge in [0.05, 0.1) is 0 Å². The van der Waals surface area contributed by atoms with E-state index in [2.05, 4.69) is 38.3 Å². The number of piperidine rings is 1. The van der Waals surface area contributed by atoms with E-state index in [1.807, 2.05) is 13.8 Å². The maximum absolute atomic E-state index is 3.53. The van der Waals surface area contributed by atoms with Crippen LogP contribution in [-0.2, 0) is 0 Å².